The van der Waals surface area contributed by atoms with Gasteiger partial charge in [-0.2, -0.15) is 0 Å². The maximum atomic E-state index is 13.5. The van der Waals surface area contributed by atoms with Crippen molar-refractivity contribution in [3.8, 4) is 5.75 Å². The Hall–Kier alpha value is -2.73. The number of ketones is 3. The van der Waals surface area contributed by atoms with Gasteiger partial charge in [0.25, 0.3) is 0 Å². The molecule has 0 spiro atoms. The average Bonchev–Trinajstić information content (AvgIpc) is 2.75. The quantitative estimate of drug-likeness (QED) is 0.311. The van der Waals surface area contributed by atoms with Gasteiger partial charge in [0.2, 0.25) is 0 Å². The molecule has 10 heteroatoms. The molecule has 0 bridgehead atoms. The number of hydrogen-bond donors (Lipinski definition) is 6. The summed E-state index contributed by atoms with van der Waals surface area (Å²) in [7, 11) is 0. The molecule has 0 radical (unpaired) electrons. The van der Waals surface area contributed by atoms with Gasteiger partial charge in [-0.3, -0.25) is 14.4 Å². The highest BCUT2D eigenvalue weighted by molar-refractivity contribution is 6.31. The molecule has 6 N–H and O–H groups in total. The van der Waals surface area contributed by atoms with E-state index in [2.05, 4.69) is 0 Å². The lowest BCUT2D eigenvalue weighted by Crippen LogP contribution is -2.69. The maximum Gasteiger partial charge on any atom is 0.198 e. The van der Waals surface area contributed by atoms with Crippen LogP contribution in [0.4, 0.5) is 0 Å². The van der Waals surface area contributed by atoms with Gasteiger partial charge in [-0.1, -0.05) is 12.1 Å². The van der Waals surface area contributed by atoms with E-state index in [4.69, 9.17) is 4.74 Å². The highest BCUT2D eigenvalue weighted by Gasteiger charge is 2.66. The number of aromatic hydroxyl groups is 1. The SMILES string of the molecule is C[C@H]1O[C@@H](c2ccc3c(c2O)C(=O)C2=C(C3=O)[C@@]3(O)C(=O)C[C@](C)(O)C[C@@]3(O)C=C2)C[C@H](O)[C@@H]1O. The van der Waals surface area contributed by atoms with Gasteiger partial charge in [-0.15, -0.1) is 0 Å². The summed E-state index contributed by atoms with van der Waals surface area (Å²) in [6, 6.07) is 2.60. The number of phenols is 1. The summed E-state index contributed by atoms with van der Waals surface area (Å²) < 4.78 is 5.70. The van der Waals surface area contributed by atoms with Crippen LogP contribution in [0.1, 0.15) is 65.5 Å². The summed E-state index contributed by atoms with van der Waals surface area (Å²) in [6.45, 7) is 2.88. The Morgan fingerprint density at radius 1 is 1.06 bits per heavy atom. The van der Waals surface area contributed by atoms with Crippen LogP contribution in [0.25, 0.3) is 0 Å². The minimum atomic E-state index is -2.75. The largest absolute Gasteiger partial charge is 0.507 e. The number of Topliss-reactive ketones (excluding diaryl/α,β-unsaturated/α-hetero) is 3. The van der Waals surface area contributed by atoms with Crippen LogP contribution >= 0.6 is 0 Å². The van der Waals surface area contributed by atoms with E-state index in [0.717, 1.165) is 12.2 Å². The summed E-state index contributed by atoms with van der Waals surface area (Å²) in [4.78, 5) is 40.0. The fourth-order valence-corrected chi connectivity index (χ4v) is 5.82. The molecule has 2 fully saturated rings. The first kappa shape index (κ1) is 24.0. The molecule has 10 nitrogen and oxygen atoms in total. The Kier molecular flexibility index (Phi) is 5.06. The van der Waals surface area contributed by atoms with Gasteiger partial charge in [-0.25, -0.2) is 0 Å². The predicted octanol–water partition coefficient (Wildman–Crippen LogP) is -0.215. The molecular formula is C25H26O10. The smallest absolute Gasteiger partial charge is 0.198 e. The van der Waals surface area contributed by atoms with Crippen molar-refractivity contribution in [2.45, 2.75) is 74.3 Å². The maximum absolute atomic E-state index is 13.5. The van der Waals surface area contributed by atoms with E-state index < -0.39 is 82.7 Å². The topological polar surface area (TPSA) is 182 Å². The fourth-order valence-electron chi connectivity index (χ4n) is 5.82. The molecule has 186 valence electrons. The summed E-state index contributed by atoms with van der Waals surface area (Å²) >= 11 is 0. The number of carbonyl (C=O) groups is 3. The number of aliphatic hydroxyl groups excluding tert-OH is 2. The molecule has 1 aromatic carbocycles. The molecule has 1 heterocycles. The molecule has 0 aromatic heterocycles. The summed E-state index contributed by atoms with van der Waals surface area (Å²) in [5.41, 5.74) is -8.12. The molecule has 1 aromatic rings. The van der Waals surface area contributed by atoms with Gasteiger partial charge in [0, 0.05) is 36.0 Å². The number of benzene rings is 1. The van der Waals surface area contributed by atoms with Gasteiger partial charge >= 0.3 is 0 Å². The number of carbonyl (C=O) groups excluding carboxylic acids is 3. The van der Waals surface area contributed by atoms with Crippen molar-refractivity contribution in [2.24, 2.45) is 0 Å². The Bertz CT molecular complexity index is 1230. The summed E-state index contributed by atoms with van der Waals surface area (Å²) in [5.74, 6) is -3.30. The van der Waals surface area contributed by atoms with Crippen LogP contribution in [0.3, 0.4) is 0 Å². The first-order valence-corrected chi connectivity index (χ1v) is 11.3. The second-order valence-electron chi connectivity index (χ2n) is 10.2. The highest BCUT2D eigenvalue weighted by atomic mass is 16.5. The standard InChI is InChI=1S/C25H26O10/c1-10-19(28)14(26)7-15(35-10)11-3-4-12-17(20(11)29)21(30)13-5-6-24(33)9-23(2,32)8-16(27)25(24,34)18(13)22(12)31/h3-6,10,14-15,19,26,28-29,32-34H,7-9H2,1-2H3/t10-,14+,15-,19-,23+,24+,25+/m1/s1. The Balaban J connectivity index is 1.62. The molecule has 0 amide bonds. The molecule has 1 saturated carbocycles. The number of rotatable bonds is 1. The van der Waals surface area contributed by atoms with Crippen LogP contribution in [-0.4, -0.2) is 83.1 Å². The van der Waals surface area contributed by atoms with Gasteiger partial charge < -0.3 is 35.4 Å². The number of fused-ring (bicyclic) bond motifs is 3. The van der Waals surface area contributed by atoms with E-state index in [0.29, 0.717) is 0 Å². The van der Waals surface area contributed by atoms with E-state index in [1.54, 1.807) is 6.92 Å². The van der Waals surface area contributed by atoms with Crippen LogP contribution in [0.15, 0.2) is 35.4 Å². The number of hydrogen-bond acceptors (Lipinski definition) is 10. The molecule has 1 aliphatic heterocycles. The van der Waals surface area contributed by atoms with E-state index >= 15 is 0 Å². The van der Waals surface area contributed by atoms with E-state index in [-0.39, 0.29) is 28.7 Å². The zero-order chi connectivity index (χ0) is 25.7. The number of allylic oxidation sites excluding steroid dienone is 2. The zero-order valence-corrected chi connectivity index (χ0v) is 19.1. The minimum Gasteiger partial charge on any atom is -0.507 e. The first-order chi connectivity index (χ1) is 16.2. The molecule has 7 atom stereocenters. The monoisotopic (exact) mass is 486 g/mol. The van der Waals surface area contributed by atoms with Gasteiger partial charge in [-0.05, 0) is 26.0 Å². The van der Waals surface area contributed by atoms with Crippen molar-refractivity contribution in [3.05, 3.63) is 52.1 Å². The van der Waals surface area contributed by atoms with Crippen molar-refractivity contribution in [2.75, 3.05) is 0 Å². The van der Waals surface area contributed by atoms with Crippen molar-refractivity contribution >= 4 is 17.3 Å². The Morgan fingerprint density at radius 3 is 2.40 bits per heavy atom. The molecule has 35 heavy (non-hydrogen) atoms. The van der Waals surface area contributed by atoms with E-state index in [9.17, 15) is 45.0 Å². The van der Waals surface area contributed by atoms with Gasteiger partial charge in [0.05, 0.1) is 35.0 Å². The fraction of sp³-hybridized carbons (Fsp3) is 0.480. The molecule has 4 aliphatic rings. The number of phenolic OH excluding ortho intramolecular Hbond substituents is 1. The lowest BCUT2D eigenvalue weighted by molar-refractivity contribution is -0.183. The second-order valence-corrected chi connectivity index (χ2v) is 10.2. The predicted molar refractivity (Wildman–Crippen MR) is 118 cm³/mol. The lowest BCUT2D eigenvalue weighted by atomic mass is 9.57. The average molecular weight is 486 g/mol. The summed E-state index contributed by atoms with van der Waals surface area (Å²) in [5, 5.41) is 64.1. The third-order valence-corrected chi connectivity index (χ3v) is 7.59. The highest BCUT2D eigenvalue weighted by Crippen LogP contribution is 2.51. The van der Waals surface area contributed by atoms with Crippen LogP contribution in [0, 0.1) is 0 Å². The van der Waals surface area contributed by atoms with Crippen molar-refractivity contribution in [3.63, 3.8) is 0 Å². The molecular weight excluding hydrogens is 460 g/mol. The third-order valence-electron chi connectivity index (χ3n) is 7.59. The molecule has 0 unspecified atom stereocenters. The van der Waals surface area contributed by atoms with Crippen molar-refractivity contribution < 1.29 is 49.8 Å². The van der Waals surface area contributed by atoms with Crippen LogP contribution < -0.4 is 0 Å². The van der Waals surface area contributed by atoms with Gasteiger partial charge in [0.1, 0.15) is 17.5 Å². The van der Waals surface area contributed by atoms with Crippen LogP contribution in [-0.2, 0) is 9.53 Å². The summed E-state index contributed by atoms with van der Waals surface area (Å²) in [6.07, 6.45) is -2.78. The number of ether oxygens (including phenoxy) is 1. The first-order valence-electron chi connectivity index (χ1n) is 11.3. The molecule has 5 rings (SSSR count). The van der Waals surface area contributed by atoms with E-state index in [1.807, 2.05) is 0 Å². The minimum absolute atomic E-state index is 0.0605. The second kappa shape index (κ2) is 7.39. The van der Waals surface area contributed by atoms with Crippen molar-refractivity contribution in [1.82, 2.24) is 0 Å². The van der Waals surface area contributed by atoms with Crippen molar-refractivity contribution in [1.29, 1.82) is 0 Å². The van der Waals surface area contributed by atoms with E-state index in [1.165, 1.54) is 19.1 Å². The Labute approximate surface area is 199 Å². The van der Waals surface area contributed by atoms with Crippen LogP contribution in [0.2, 0.25) is 0 Å². The van der Waals surface area contributed by atoms with Crippen LogP contribution in [0.5, 0.6) is 5.75 Å². The molecule has 3 aliphatic carbocycles. The normalized spacial score (nSPS) is 40.9. The number of aliphatic hydroxyl groups is 5. The zero-order valence-electron chi connectivity index (χ0n) is 19.1. The molecule has 1 saturated heterocycles. The van der Waals surface area contributed by atoms with Gasteiger partial charge in [0.15, 0.2) is 23.0 Å². The lowest BCUT2D eigenvalue weighted by Gasteiger charge is -2.51. The Morgan fingerprint density at radius 2 is 1.74 bits per heavy atom. The third kappa shape index (κ3) is 3.15.